The van der Waals surface area contributed by atoms with Gasteiger partial charge in [0.1, 0.15) is 18.1 Å². The van der Waals surface area contributed by atoms with Gasteiger partial charge in [0.15, 0.2) is 0 Å². The van der Waals surface area contributed by atoms with Crippen LogP contribution in [0.5, 0.6) is 0 Å². The van der Waals surface area contributed by atoms with E-state index < -0.39 is 0 Å². The molecule has 0 unspecified atom stereocenters. The summed E-state index contributed by atoms with van der Waals surface area (Å²) < 4.78 is 11.4. The molecule has 0 spiro atoms. The molecule has 0 aliphatic carbocycles. The van der Waals surface area contributed by atoms with Crippen molar-refractivity contribution < 1.29 is 9.15 Å². The second-order valence-electron chi connectivity index (χ2n) is 5.05. The fraction of sp³-hybridized carbons (Fsp3) is 0.750. The van der Waals surface area contributed by atoms with Crippen molar-refractivity contribution in [2.24, 2.45) is 0 Å². The first kappa shape index (κ1) is 17.2. The Hall–Kier alpha value is -0.840. The molecule has 1 aromatic heterocycles. The first-order valence-corrected chi connectivity index (χ1v) is 7.80. The van der Waals surface area contributed by atoms with Crippen LogP contribution in [0, 0.1) is 6.92 Å². The summed E-state index contributed by atoms with van der Waals surface area (Å²) in [6.07, 6.45) is 1.15. The molecule has 1 N–H and O–H groups in total. The largest absolute Gasteiger partial charge is 0.464 e. The SMILES string of the molecule is CCCNCc1cc(COCCN(CC)CC)oc1C. The Morgan fingerprint density at radius 1 is 1.25 bits per heavy atom. The minimum absolute atomic E-state index is 0.565. The lowest BCUT2D eigenvalue weighted by Gasteiger charge is -2.17. The summed E-state index contributed by atoms with van der Waals surface area (Å²) in [5.41, 5.74) is 1.24. The van der Waals surface area contributed by atoms with Crippen molar-refractivity contribution in [1.82, 2.24) is 10.2 Å². The molecule has 0 atom stereocenters. The van der Waals surface area contributed by atoms with Crippen LogP contribution in [0.25, 0.3) is 0 Å². The number of nitrogens with one attached hydrogen (secondary N) is 1. The average molecular weight is 282 g/mol. The van der Waals surface area contributed by atoms with Gasteiger partial charge in [0, 0.05) is 18.7 Å². The summed E-state index contributed by atoms with van der Waals surface area (Å²) in [7, 11) is 0. The molecule has 0 radical (unpaired) electrons. The van der Waals surface area contributed by atoms with Crippen molar-refractivity contribution >= 4 is 0 Å². The van der Waals surface area contributed by atoms with Crippen LogP contribution in [0.4, 0.5) is 0 Å². The van der Waals surface area contributed by atoms with E-state index in [-0.39, 0.29) is 0 Å². The summed E-state index contributed by atoms with van der Waals surface area (Å²) in [6.45, 7) is 14.9. The predicted octanol–water partition coefficient (Wildman–Crippen LogP) is 2.95. The third-order valence-electron chi connectivity index (χ3n) is 3.50. The molecule has 0 amide bonds. The average Bonchev–Trinajstić information content (AvgIpc) is 2.80. The van der Waals surface area contributed by atoms with Gasteiger partial charge in [-0.05, 0) is 39.0 Å². The highest BCUT2D eigenvalue weighted by molar-refractivity contribution is 5.20. The van der Waals surface area contributed by atoms with Gasteiger partial charge in [-0.1, -0.05) is 20.8 Å². The van der Waals surface area contributed by atoms with Crippen LogP contribution in [0.15, 0.2) is 10.5 Å². The summed E-state index contributed by atoms with van der Waals surface area (Å²) in [4.78, 5) is 2.35. The van der Waals surface area contributed by atoms with Crippen molar-refractivity contribution in [2.75, 3.05) is 32.8 Å². The Morgan fingerprint density at radius 3 is 2.65 bits per heavy atom. The molecule has 20 heavy (non-hydrogen) atoms. The van der Waals surface area contributed by atoms with E-state index in [1.165, 1.54) is 5.56 Å². The molecule has 0 saturated heterocycles. The van der Waals surface area contributed by atoms with E-state index in [1.54, 1.807) is 0 Å². The van der Waals surface area contributed by atoms with Crippen LogP contribution in [0.1, 0.15) is 44.3 Å². The number of hydrogen-bond donors (Lipinski definition) is 1. The second kappa shape index (κ2) is 9.97. The van der Waals surface area contributed by atoms with Crippen LogP contribution in [-0.2, 0) is 17.9 Å². The number of nitrogens with zero attached hydrogens (tertiary/aromatic N) is 1. The molecule has 0 aliphatic heterocycles. The molecule has 0 saturated carbocycles. The number of hydrogen-bond acceptors (Lipinski definition) is 4. The third kappa shape index (κ3) is 6.07. The molecule has 1 rings (SSSR count). The zero-order valence-corrected chi connectivity index (χ0v) is 13.5. The summed E-state index contributed by atoms with van der Waals surface area (Å²) >= 11 is 0. The normalized spacial score (nSPS) is 11.4. The summed E-state index contributed by atoms with van der Waals surface area (Å²) in [5, 5.41) is 3.40. The number of likely N-dealkylation sites (N-methyl/N-ethyl adjacent to an activating group) is 1. The van der Waals surface area contributed by atoms with E-state index in [4.69, 9.17) is 9.15 Å². The fourth-order valence-corrected chi connectivity index (χ4v) is 2.14. The molecule has 0 bridgehead atoms. The van der Waals surface area contributed by atoms with Crippen LogP contribution in [0.3, 0.4) is 0 Å². The highest BCUT2D eigenvalue weighted by Crippen LogP contribution is 2.15. The molecular weight excluding hydrogens is 252 g/mol. The fourth-order valence-electron chi connectivity index (χ4n) is 2.14. The Kier molecular flexibility index (Phi) is 8.58. The Balaban J connectivity index is 2.28. The van der Waals surface area contributed by atoms with Crippen LogP contribution in [-0.4, -0.2) is 37.7 Å². The van der Waals surface area contributed by atoms with Crippen molar-refractivity contribution in [3.8, 4) is 0 Å². The number of furan rings is 1. The van der Waals surface area contributed by atoms with Crippen LogP contribution >= 0.6 is 0 Å². The minimum Gasteiger partial charge on any atom is -0.464 e. The minimum atomic E-state index is 0.565. The van der Waals surface area contributed by atoms with E-state index in [2.05, 4.69) is 37.1 Å². The van der Waals surface area contributed by atoms with Gasteiger partial charge in [-0.2, -0.15) is 0 Å². The number of aryl methyl sites for hydroxylation is 1. The van der Waals surface area contributed by atoms with Gasteiger partial charge in [-0.15, -0.1) is 0 Å². The molecule has 4 nitrogen and oxygen atoms in total. The Labute approximate surface area is 123 Å². The van der Waals surface area contributed by atoms with Crippen LogP contribution < -0.4 is 5.32 Å². The highest BCUT2D eigenvalue weighted by atomic mass is 16.5. The van der Waals surface area contributed by atoms with Gasteiger partial charge >= 0.3 is 0 Å². The lowest BCUT2D eigenvalue weighted by Crippen LogP contribution is -2.26. The maximum absolute atomic E-state index is 5.73. The second-order valence-corrected chi connectivity index (χ2v) is 5.05. The lowest BCUT2D eigenvalue weighted by molar-refractivity contribution is 0.0839. The molecule has 116 valence electrons. The molecule has 1 aromatic rings. The zero-order chi connectivity index (χ0) is 14.8. The Morgan fingerprint density at radius 2 is 2.00 bits per heavy atom. The number of ether oxygens (including phenoxy) is 1. The topological polar surface area (TPSA) is 37.6 Å². The number of rotatable bonds is 11. The maximum atomic E-state index is 5.73. The van der Waals surface area contributed by atoms with Gasteiger partial charge in [-0.25, -0.2) is 0 Å². The van der Waals surface area contributed by atoms with E-state index in [0.29, 0.717) is 6.61 Å². The molecule has 0 aromatic carbocycles. The molecule has 4 heteroatoms. The van der Waals surface area contributed by atoms with E-state index >= 15 is 0 Å². The van der Waals surface area contributed by atoms with E-state index in [9.17, 15) is 0 Å². The highest BCUT2D eigenvalue weighted by Gasteiger charge is 2.07. The van der Waals surface area contributed by atoms with Gasteiger partial charge in [0.05, 0.1) is 6.61 Å². The van der Waals surface area contributed by atoms with Crippen molar-refractivity contribution in [3.63, 3.8) is 0 Å². The zero-order valence-electron chi connectivity index (χ0n) is 13.5. The molecule has 0 fully saturated rings. The van der Waals surface area contributed by atoms with Crippen molar-refractivity contribution in [3.05, 3.63) is 23.2 Å². The van der Waals surface area contributed by atoms with Gasteiger partial charge in [-0.3, -0.25) is 0 Å². The quantitative estimate of drug-likeness (QED) is 0.633. The summed E-state index contributed by atoms with van der Waals surface area (Å²) in [5.74, 6) is 1.92. The Bertz CT molecular complexity index is 359. The molecular formula is C16H30N2O2. The lowest BCUT2D eigenvalue weighted by atomic mass is 10.2. The smallest absolute Gasteiger partial charge is 0.130 e. The monoisotopic (exact) mass is 282 g/mol. The molecule has 1 heterocycles. The standard InChI is InChI=1S/C16H30N2O2/c1-5-8-17-12-15-11-16(20-14(15)4)13-19-10-9-18(6-2)7-3/h11,17H,5-10,12-13H2,1-4H3. The van der Waals surface area contributed by atoms with Gasteiger partial charge < -0.3 is 19.4 Å². The third-order valence-corrected chi connectivity index (χ3v) is 3.50. The van der Waals surface area contributed by atoms with E-state index in [1.807, 2.05) is 6.92 Å². The van der Waals surface area contributed by atoms with Crippen LogP contribution in [0.2, 0.25) is 0 Å². The first-order valence-electron chi connectivity index (χ1n) is 7.80. The van der Waals surface area contributed by atoms with E-state index in [0.717, 1.165) is 57.3 Å². The molecule has 0 aliphatic rings. The maximum Gasteiger partial charge on any atom is 0.130 e. The predicted molar refractivity (Wildman–Crippen MR) is 82.9 cm³/mol. The van der Waals surface area contributed by atoms with Gasteiger partial charge in [0.25, 0.3) is 0 Å². The van der Waals surface area contributed by atoms with Crippen molar-refractivity contribution in [2.45, 2.75) is 47.3 Å². The van der Waals surface area contributed by atoms with Crippen molar-refractivity contribution in [1.29, 1.82) is 0 Å². The van der Waals surface area contributed by atoms with Gasteiger partial charge in [0.2, 0.25) is 0 Å². The first-order chi connectivity index (χ1) is 9.71. The summed E-state index contributed by atoms with van der Waals surface area (Å²) in [6, 6.07) is 2.11.